The van der Waals surface area contributed by atoms with E-state index in [0.29, 0.717) is 0 Å². The third-order valence-electron chi connectivity index (χ3n) is 2.64. The maximum Gasteiger partial charge on any atom is 0.335 e. The second-order valence-corrected chi connectivity index (χ2v) is 5.87. The quantitative estimate of drug-likeness (QED) is 0.835. The number of aromatic carboxylic acids is 1. The first-order valence-electron chi connectivity index (χ1n) is 4.72. The highest BCUT2D eigenvalue weighted by Crippen LogP contribution is 2.41. The van der Waals surface area contributed by atoms with E-state index in [2.05, 4.69) is 0 Å². The van der Waals surface area contributed by atoms with Gasteiger partial charge in [0.05, 0.1) is 16.2 Å². The summed E-state index contributed by atoms with van der Waals surface area (Å²) in [7, 11) is -3.81. The van der Waals surface area contributed by atoms with Gasteiger partial charge in [0.1, 0.15) is 0 Å². The number of halogens is 2. The van der Waals surface area contributed by atoms with E-state index in [1.807, 2.05) is 0 Å². The van der Waals surface area contributed by atoms with Gasteiger partial charge >= 0.3 is 5.97 Å². The average Bonchev–Trinajstić information content (AvgIpc) is 2.24. The topological polar surface area (TPSA) is 71.4 Å². The molecule has 0 saturated heterocycles. The molecule has 0 unspecified atom stereocenters. The maximum atomic E-state index is 13.5. The molecule has 17 heavy (non-hydrogen) atoms. The Balaban J connectivity index is 2.73. The van der Waals surface area contributed by atoms with Crippen molar-refractivity contribution in [3.63, 3.8) is 0 Å². The van der Waals surface area contributed by atoms with Crippen molar-refractivity contribution in [1.29, 1.82) is 0 Å². The molecule has 0 bridgehead atoms. The van der Waals surface area contributed by atoms with Crippen LogP contribution in [0, 0.1) is 0 Å². The molecule has 0 amide bonds. The van der Waals surface area contributed by atoms with E-state index in [9.17, 15) is 22.0 Å². The fraction of sp³-hybridized carbons (Fsp3) is 0.300. The summed E-state index contributed by atoms with van der Waals surface area (Å²) in [6.45, 7) is 0. The normalized spacial score (nSPS) is 20.6. The fourth-order valence-corrected chi connectivity index (χ4v) is 3.33. The third kappa shape index (κ3) is 1.90. The SMILES string of the molecule is O=C(O)c1ccc2c(c1)S(=O)(=O)CCC2(F)F. The molecule has 1 aromatic rings. The first kappa shape index (κ1) is 12.0. The average molecular weight is 262 g/mol. The lowest BCUT2D eigenvalue weighted by atomic mass is 10.0. The first-order valence-corrected chi connectivity index (χ1v) is 6.38. The number of rotatable bonds is 1. The Bertz CT molecular complexity index is 592. The Labute approximate surface area is 95.8 Å². The van der Waals surface area contributed by atoms with Crippen LogP contribution in [0.2, 0.25) is 0 Å². The molecule has 0 atom stereocenters. The van der Waals surface area contributed by atoms with E-state index in [-0.39, 0.29) is 5.56 Å². The lowest BCUT2D eigenvalue weighted by molar-refractivity contribution is -0.0127. The standard InChI is InChI=1S/C10H8F2O4S/c11-10(12)3-4-17(15,16)8-5-6(9(13)14)1-2-7(8)10/h1-2,5H,3-4H2,(H,13,14). The van der Waals surface area contributed by atoms with Crippen molar-refractivity contribution in [1.82, 2.24) is 0 Å². The van der Waals surface area contributed by atoms with Gasteiger partial charge in [-0.3, -0.25) is 0 Å². The Morgan fingerprint density at radius 3 is 2.59 bits per heavy atom. The summed E-state index contributed by atoms with van der Waals surface area (Å²) in [5.41, 5.74) is -0.932. The Kier molecular flexibility index (Phi) is 2.46. The van der Waals surface area contributed by atoms with Crippen molar-refractivity contribution in [3.05, 3.63) is 29.3 Å². The van der Waals surface area contributed by atoms with E-state index >= 15 is 0 Å². The van der Waals surface area contributed by atoms with E-state index in [0.717, 1.165) is 18.2 Å². The van der Waals surface area contributed by atoms with Crippen molar-refractivity contribution in [3.8, 4) is 0 Å². The highest BCUT2D eigenvalue weighted by atomic mass is 32.2. The van der Waals surface area contributed by atoms with E-state index in [1.54, 1.807) is 0 Å². The van der Waals surface area contributed by atoms with Crippen LogP contribution in [0.4, 0.5) is 8.78 Å². The molecule has 0 aromatic heterocycles. The maximum absolute atomic E-state index is 13.5. The molecular formula is C10H8F2O4S. The molecule has 0 aliphatic carbocycles. The third-order valence-corrected chi connectivity index (χ3v) is 4.39. The summed E-state index contributed by atoms with van der Waals surface area (Å²) in [6.07, 6.45) is -0.769. The van der Waals surface area contributed by atoms with Crippen LogP contribution in [0.5, 0.6) is 0 Å². The van der Waals surface area contributed by atoms with Gasteiger partial charge in [-0.05, 0) is 12.1 Å². The monoisotopic (exact) mass is 262 g/mol. The largest absolute Gasteiger partial charge is 0.478 e. The molecule has 1 aliphatic heterocycles. The molecule has 0 saturated carbocycles. The van der Waals surface area contributed by atoms with Gasteiger partial charge in [0.15, 0.2) is 9.84 Å². The molecule has 1 heterocycles. The van der Waals surface area contributed by atoms with E-state index in [4.69, 9.17) is 5.11 Å². The van der Waals surface area contributed by atoms with Crippen molar-refractivity contribution in [2.45, 2.75) is 17.2 Å². The number of carboxylic acids is 1. The Morgan fingerprint density at radius 1 is 1.35 bits per heavy atom. The number of fused-ring (bicyclic) bond motifs is 1. The summed E-state index contributed by atoms with van der Waals surface area (Å²) < 4.78 is 50.1. The molecular weight excluding hydrogens is 254 g/mol. The fourth-order valence-electron chi connectivity index (χ4n) is 1.72. The number of alkyl halides is 2. The highest BCUT2D eigenvalue weighted by molar-refractivity contribution is 7.91. The van der Waals surface area contributed by atoms with Crippen LogP contribution in [0.25, 0.3) is 0 Å². The van der Waals surface area contributed by atoms with Gasteiger partial charge < -0.3 is 5.11 Å². The van der Waals surface area contributed by atoms with Crippen LogP contribution >= 0.6 is 0 Å². The molecule has 1 N–H and O–H groups in total. The molecule has 2 rings (SSSR count). The summed E-state index contributed by atoms with van der Waals surface area (Å²) in [5, 5.41) is 8.70. The highest BCUT2D eigenvalue weighted by Gasteiger charge is 2.43. The number of carboxylic acid groups (broad SMARTS) is 1. The van der Waals surface area contributed by atoms with Crippen molar-refractivity contribution in [2.75, 3.05) is 5.75 Å². The summed E-state index contributed by atoms with van der Waals surface area (Å²) >= 11 is 0. The van der Waals surface area contributed by atoms with Crippen LogP contribution < -0.4 is 0 Å². The Hall–Kier alpha value is -1.50. The first-order chi connectivity index (χ1) is 7.74. The zero-order valence-corrected chi connectivity index (χ0v) is 9.30. The van der Waals surface area contributed by atoms with Crippen LogP contribution in [0.3, 0.4) is 0 Å². The minimum Gasteiger partial charge on any atom is -0.478 e. The van der Waals surface area contributed by atoms with Crippen molar-refractivity contribution >= 4 is 15.8 Å². The molecule has 7 heteroatoms. The van der Waals surface area contributed by atoms with Gasteiger partial charge in [-0.1, -0.05) is 6.07 Å². The van der Waals surface area contributed by atoms with Gasteiger partial charge in [-0.15, -0.1) is 0 Å². The summed E-state index contributed by atoms with van der Waals surface area (Å²) in [5.74, 6) is -5.25. The van der Waals surface area contributed by atoms with Crippen LogP contribution in [0.1, 0.15) is 22.3 Å². The van der Waals surface area contributed by atoms with E-state index < -0.39 is 44.4 Å². The second kappa shape index (κ2) is 3.49. The van der Waals surface area contributed by atoms with Gasteiger partial charge in [-0.25, -0.2) is 22.0 Å². The predicted octanol–water partition coefficient (Wildman–Crippen LogP) is 1.65. The van der Waals surface area contributed by atoms with Gasteiger partial charge in [0, 0.05) is 12.0 Å². The molecule has 1 aromatic carbocycles. The lowest BCUT2D eigenvalue weighted by Gasteiger charge is -2.25. The molecule has 0 radical (unpaired) electrons. The minimum atomic E-state index is -3.81. The summed E-state index contributed by atoms with van der Waals surface area (Å²) in [6, 6.07) is 2.64. The minimum absolute atomic E-state index is 0.315. The van der Waals surface area contributed by atoms with Crippen LogP contribution in [-0.2, 0) is 15.8 Å². The molecule has 4 nitrogen and oxygen atoms in total. The zero-order chi connectivity index (χ0) is 12.8. The smallest absolute Gasteiger partial charge is 0.335 e. The molecule has 1 aliphatic rings. The second-order valence-electron chi connectivity index (χ2n) is 3.79. The van der Waals surface area contributed by atoms with Crippen LogP contribution in [-0.4, -0.2) is 25.2 Å². The zero-order valence-electron chi connectivity index (χ0n) is 8.48. The van der Waals surface area contributed by atoms with Crippen molar-refractivity contribution in [2.24, 2.45) is 0 Å². The number of sulfone groups is 1. The van der Waals surface area contributed by atoms with E-state index in [1.165, 1.54) is 0 Å². The number of carbonyl (C=O) groups is 1. The number of benzene rings is 1. The molecule has 0 spiro atoms. The lowest BCUT2D eigenvalue weighted by Crippen LogP contribution is -2.28. The molecule has 92 valence electrons. The summed E-state index contributed by atoms with van der Waals surface area (Å²) in [4.78, 5) is 10.1. The van der Waals surface area contributed by atoms with Gasteiger partial charge in [-0.2, -0.15) is 0 Å². The van der Waals surface area contributed by atoms with Crippen LogP contribution in [0.15, 0.2) is 23.1 Å². The number of hydrogen-bond acceptors (Lipinski definition) is 3. The predicted molar refractivity (Wildman–Crippen MR) is 54.0 cm³/mol. The Morgan fingerprint density at radius 2 is 2.00 bits per heavy atom. The van der Waals surface area contributed by atoms with Crippen molar-refractivity contribution < 1.29 is 27.1 Å². The van der Waals surface area contributed by atoms with Gasteiger partial charge in [0.2, 0.25) is 0 Å². The number of hydrogen-bond donors (Lipinski definition) is 1. The van der Waals surface area contributed by atoms with Gasteiger partial charge in [0.25, 0.3) is 5.92 Å². The molecule has 0 fully saturated rings.